The first-order valence-electron chi connectivity index (χ1n) is 6.82. The standard InChI is InChI=1S/C14H26N2O/c1-12(2)6-9-17-10-7-13-5-4-8-14(13,11-15)16-3/h12-13,16H,4-10H2,1-3H3. The van der Waals surface area contributed by atoms with Crippen LogP contribution in [0.1, 0.15) is 46.0 Å². The smallest absolute Gasteiger partial charge is 0.109 e. The molecule has 3 heteroatoms. The maximum absolute atomic E-state index is 9.31. The van der Waals surface area contributed by atoms with Crippen LogP contribution in [0.4, 0.5) is 0 Å². The van der Waals surface area contributed by atoms with E-state index in [2.05, 4.69) is 25.2 Å². The first kappa shape index (κ1) is 14.5. The molecule has 0 heterocycles. The van der Waals surface area contributed by atoms with Gasteiger partial charge in [0.2, 0.25) is 0 Å². The highest BCUT2D eigenvalue weighted by Gasteiger charge is 2.41. The second-order valence-electron chi connectivity index (χ2n) is 5.51. The lowest BCUT2D eigenvalue weighted by Gasteiger charge is -2.28. The van der Waals surface area contributed by atoms with E-state index in [1.54, 1.807) is 0 Å². The van der Waals surface area contributed by atoms with Crippen molar-refractivity contribution in [2.45, 2.75) is 51.5 Å². The molecule has 0 bridgehead atoms. The van der Waals surface area contributed by atoms with Crippen molar-refractivity contribution in [1.82, 2.24) is 5.32 Å². The SMILES string of the molecule is CNC1(C#N)CCCC1CCOCCC(C)C. The van der Waals surface area contributed by atoms with Gasteiger partial charge in [0.25, 0.3) is 0 Å². The summed E-state index contributed by atoms with van der Waals surface area (Å²) in [4.78, 5) is 0. The predicted octanol–water partition coefficient (Wildman–Crippen LogP) is 2.72. The molecule has 2 atom stereocenters. The van der Waals surface area contributed by atoms with Gasteiger partial charge in [-0.2, -0.15) is 5.26 Å². The average Bonchev–Trinajstić information content (AvgIpc) is 2.72. The lowest BCUT2D eigenvalue weighted by Crippen LogP contribution is -2.45. The Morgan fingerprint density at radius 1 is 1.47 bits per heavy atom. The Labute approximate surface area is 106 Å². The average molecular weight is 238 g/mol. The summed E-state index contributed by atoms with van der Waals surface area (Å²) in [7, 11) is 1.90. The molecule has 0 saturated heterocycles. The Balaban J connectivity index is 2.25. The first-order valence-corrected chi connectivity index (χ1v) is 6.82. The lowest BCUT2D eigenvalue weighted by molar-refractivity contribution is 0.104. The summed E-state index contributed by atoms with van der Waals surface area (Å²) in [6.07, 6.45) is 5.43. The highest BCUT2D eigenvalue weighted by atomic mass is 16.5. The fourth-order valence-electron chi connectivity index (χ4n) is 2.65. The second kappa shape index (κ2) is 6.98. The van der Waals surface area contributed by atoms with Crippen LogP contribution in [0.5, 0.6) is 0 Å². The van der Waals surface area contributed by atoms with Crippen LogP contribution >= 0.6 is 0 Å². The van der Waals surface area contributed by atoms with Crippen molar-refractivity contribution in [3.63, 3.8) is 0 Å². The van der Waals surface area contributed by atoms with Crippen LogP contribution in [0.3, 0.4) is 0 Å². The van der Waals surface area contributed by atoms with E-state index < -0.39 is 0 Å². The highest BCUT2D eigenvalue weighted by Crippen LogP contribution is 2.37. The van der Waals surface area contributed by atoms with Crippen molar-refractivity contribution in [1.29, 1.82) is 5.26 Å². The van der Waals surface area contributed by atoms with Crippen LogP contribution in [0.2, 0.25) is 0 Å². The van der Waals surface area contributed by atoms with E-state index in [1.807, 2.05) is 7.05 Å². The molecule has 1 N–H and O–H groups in total. The minimum atomic E-state index is -0.290. The van der Waals surface area contributed by atoms with Crippen molar-refractivity contribution in [2.24, 2.45) is 11.8 Å². The third-order valence-corrected chi connectivity index (χ3v) is 3.92. The van der Waals surface area contributed by atoms with Gasteiger partial charge in [0.15, 0.2) is 0 Å². The summed E-state index contributed by atoms with van der Waals surface area (Å²) in [6, 6.07) is 2.47. The number of hydrogen-bond donors (Lipinski definition) is 1. The fraction of sp³-hybridized carbons (Fsp3) is 0.929. The van der Waals surface area contributed by atoms with Crippen molar-refractivity contribution in [2.75, 3.05) is 20.3 Å². The van der Waals surface area contributed by atoms with E-state index in [9.17, 15) is 5.26 Å². The Kier molecular flexibility index (Phi) is 5.94. The van der Waals surface area contributed by atoms with E-state index in [-0.39, 0.29) is 5.54 Å². The van der Waals surface area contributed by atoms with Crippen molar-refractivity contribution < 1.29 is 4.74 Å². The van der Waals surface area contributed by atoms with Gasteiger partial charge in [-0.25, -0.2) is 0 Å². The van der Waals surface area contributed by atoms with Gasteiger partial charge in [0.1, 0.15) is 5.54 Å². The van der Waals surface area contributed by atoms with Crippen molar-refractivity contribution in [3.05, 3.63) is 0 Å². The van der Waals surface area contributed by atoms with Gasteiger partial charge >= 0.3 is 0 Å². The Morgan fingerprint density at radius 2 is 2.24 bits per heavy atom. The molecule has 1 aliphatic rings. The first-order chi connectivity index (χ1) is 8.14. The number of nitrogens with zero attached hydrogens (tertiary/aromatic N) is 1. The topological polar surface area (TPSA) is 45.0 Å². The quantitative estimate of drug-likeness (QED) is 0.694. The van der Waals surface area contributed by atoms with Gasteiger partial charge < -0.3 is 10.1 Å². The van der Waals surface area contributed by atoms with E-state index in [4.69, 9.17) is 4.74 Å². The zero-order valence-corrected chi connectivity index (χ0v) is 11.5. The largest absolute Gasteiger partial charge is 0.381 e. The van der Waals surface area contributed by atoms with Gasteiger partial charge in [0.05, 0.1) is 6.07 Å². The van der Waals surface area contributed by atoms with Crippen LogP contribution in [0.25, 0.3) is 0 Å². The molecule has 0 aromatic heterocycles. The van der Waals surface area contributed by atoms with Crippen LogP contribution < -0.4 is 5.32 Å². The zero-order valence-electron chi connectivity index (χ0n) is 11.5. The molecule has 98 valence electrons. The summed E-state index contributed by atoms with van der Waals surface area (Å²) in [5, 5.41) is 12.5. The minimum Gasteiger partial charge on any atom is -0.381 e. The molecule has 3 nitrogen and oxygen atoms in total. The molecule has 0 aromatic carbocycles. The molecule has 0 amide bonds. The third kappa shape index (κ3) is 3.97. The number of nitriles is 1. The van der Waals surface area contributed by atoms with Crippen LogP contribution in [0, 0.1) is 23.2 Å². The van der Waals surface area contributed by atoms with Gasteiger partial charge in [0, 0.05) is 13.2 Å². The molecule has 1 rings (SSSR count). The molecular weight excluding hydrogens is 212 g/mol. The predicted molar refractivity (Wildman–Crippen MR) is 69.6 cm³/mol. The Bertz CT molecular complexity index is 259. The third-order valence-electron chi connectivity index (χ3n) is 3.92. The molecule has 1 saturated carbocycles. The molecule has 0 aromatic rings. The van der Waals surface area contributed by atoms with Crippen LogP contribution in [-0.2, 0) is 4.74 Å². The van der Waals surface area contributed by atoms with Crippen LogP contribution in [0.15, 0.2) is 0 Å². The summed E-state index contributed by atoms with van der Waals surface area (Å²) >= 11 is 0. The molecule has 17 heavy (non-hydrogen) atoms. The molecule has 0 aliphatic heterocycles. The Morgan fingerprint density at radius 3 is 2.82 bits per heavy atom. The molecule has 0 spiro atoms. The number of rotatable bonds is 7. The summed E-state index contributed by atoms with van der Waals surface area (Å²) in [5.41, 5.74) is -0.290. The lowest BCUT2D eigenvalue weighted by atomic mass is 9.86. The Hall–Kier alpha value is -0.590. The van der Waals surface area contributed by atoms with Crippen molar-refractivity contribution in [3.8, 4) is 6.07 Å². The summed E-state index contributed by atoms with van der Waals surface area (Å²) < 4.78 is 5.65. The maximum atomic E-state index is 9.31. The minimum absolute atomic E-state index is 0.290. The summed E-state index contributed by atoms with van der Waals surface area (Å²) in [5.74, 6) is 1.16. The number of hydrogen-bond acceptors (Lipinski definition) is 3. The number of ether oxygens (including phenoxy) is 1. The molecule has 2 unspecified atom stereocenters. The molecule has 0 radical (unpaired) electrons. The summed E-state index contributed by atoms with van der Waals surface area (Å²) in [6.45, 7) is 6.07. The molecular formula is C14H26N2O. The second-order valence-corrected chi connectivity index (χ2v) is 5.51. The van der Waals surface area contributed by atoms with Gasteiger partial charge in [-0.15, -0.1) is 0 Å². The zero-order chi connectivity index (χ0) is 12.7. The normalized spacial score (nSPS) is 28.5. The van der Waals surface area contributed by atoms with Crippen LogP contribution in [-0.4, -0.2) is 25.8 Å². The highest BCUT2D eigenvalue weighted by molar-refractivity contribution is 5.13. The van der Waals surface area contributed by atoms with E-state index >= 15 is 0 Å². The van der Waals surface area contributed by atoms with Gasteiger partial charge in [-0.3, -0.25) is 0 Å². The van der Waals surface area contributed by atoms with E-state index in [1.165, 1.54) is 0 Å². The van der Waals surface area contributed by atoms with Gasteiger partial charge in [-0.05, 0) is 44.6 Å². The maximum Gasteiger partial charge on any atom is 0.109 e. The fourth-order valence-corrected chi connectivity index (χ4v) is 2.65. The van der Waals surface area contributed by atoms with Crippen molar-refractivity contribution >= 4 is 0 Å². The molecule has 1 fully saturated rings. The van der Waals surface area contributed by atoms with E-state index in [0.29, 0.717) is 11.8 Å². The van der Waals surface area contributed by atoms with Gasteiger partial charge in [-0.1, -0.05) is 20.3 Å². The number of nitrogens with one attached hydrogen (secondary N) is 1. The monoisotopic (exact) mass is 238 g/mol. The molecule has 1 aliphatic carbocycles. The van der Waals surface area contributed by atoms with E-state index in [0.717, 1.165) is 45.3 Å².